The van der Waals surface area contributed by atoms with Gasteiger partial charge in [0.1, 0.15) is 5.60 Å². The number of ether oxygens (including phenoxy) is 1. The molecule has 2 aliphatic rings. The summed E-state index contributed by atoms with van der Waals surface area (Å²) in [7, 11) is 2.23. The number of fused-ring (bicyclic) bond motifs is 2. The highest BCUT2D eigenvalue weighted by molar-refractivity contribution is 5.68. The molecule has 2 fully saturated rings. The van der Waals surface area contributed by atoms with Crippen molar-refractivity contribution in [1.82, 2.24) is 15.1 Å². The number of nitrogens with one attached hydrogen (secondary N) is 1. The highest BCUT2D eigenvalue weighted by Crippen LogP contribution is 2.31. The van der Waals surface area contributed by atoms with Crippen molar-refractivity contribution >= 4 is 6.09 Å². The van der Waals surface area contributed by atoms with Crippen molar-refractivity contribution < 1.29 is 9.53 Å². The number of alkyl carbamates (subject to hydrolysis) is 1. The fourth-order valence-electron chi connectivity index (χ4n) is 4.15. The van der Waals surface area contributed by atoms with Crippen molar-refractivity contribution in [1.29, 1.82) is 0 Å². The number of hydrogen-bond acceptors (Lipinski definition) is 4. The van der Waals surface area contributed by atoms with Gasteiger partial charge in [0, 0.05) is 31.7 Å². The molecule has 0 spiro atoms. The Morgan fingerprint density at radius 2 is 1.77 bits per heavy atom. The summed E-state index contributed by atoms with van der Waals surface area (Å²) in [6.07, 6.45) is 2.27. The van der Waals surface area contributed by atoms with Crippen LogP contribution in [0, 0.1) is 0 Å². The lowest BCUT2D eigenvalue weighted by Crippen LogP contribution is -2.51. The molecular weight excluding hydrogens is 326 g/mol. The summed E-state index contributed by atoms with van der Waals surface area (Å²) in [5.74, 6) is 0. The number of likely N-dealkylation sites (N-methyl/N-ethyl adjacent to an activating group) is 1. The van der Waals surface area contributed by atoms with E-state index in [1.54, 1.807) is 0 Å². The fraction of sp³-hybridized carbons (Fsp3) is 0.667. The molecule has 0 radical (unpaired) electrons. The number of likely N-dealkylation sites (tertiary alicyclic amines) is 1. The van der Waals surface area contributed by atoms with Gasteiger partial charge in [-0.25, -0.2) is 4.79 Å². The number of carbonyl (C=O) groups excluding carboxylic acids is 1. The van der Waals surface area contributed by atoms with Crippen LogP contribution in [0.4, 0.5) is 4.79 Å². The zero-order valence-corrected chi connectivity index (χ0v) is 16.8. The lowest BCUT2D eigenvalue weighted by molar-refractivity contribution is 0.0508. The van der Waals surface area contributed by atoms with Gasteiger partial charge in [-0.2, -0.15) is 0 Å². The molecule has 1 N–H and O–H groups in total. The van der Waals surface area contributed by atoms with Gasteiger partial charge in [-0.05, 0) is 58.7 Å². The second kappa shape index (κ2) is 7.57. The van der Waals surface area contributed by atoms with Crippen molar-refractivity contribution in [2.45, 2.75) is 70.8 Å². The number of rotatable bonds is 4. The van der Waals surface area contributed by atoms with Crippen molar-refractivity contribution in [3.8, 4) is 0 Å². The number of carbonyl (C=O) groups is 1. The minimum absolute atomic E-state index is 0.0706. The van der Waals surface area contributed by atoms with Crippen molar-refractivity contribution in [3.63, 3.8) is 0 Å². The van der Waals surface area contributed by atoms with E-state index in [-0.39, 0.29) is 12.1 Å². The average molecular weight is 360 g/mol. The first-order valence-corrected chi connectivity index (χ1v) is 9.74. The van der Waals surface area contributed by atoms with Crippen LogP contribution in [0.1, 0.15) is 57.7 Å². The number of nitrogens with zero attached hydrogens (tertiary/aromatic N) is 2. The molecule has 0 saturated carbocycles. The molecule has 1 aromatic rings. The third-order valence-electron chi connectivity index (χ3n) is 5.39. The maximum atomic E-state index is 11.9. The molecule has 26 heavy (non-hydrogen) atoms. The first-order chi connectivity index (χ1) is 12.2. The van der Waals surface area contributed by atoms with Gasteiger partial charge in [0.05, 0.1) is 6.04 Å². The Morgan fingerprint density at radius 3 is 2.31 bits per heavy atom. The first kappa shape index (κ1) is 19.2. The van der Waals surface area contributed by atoms with E-state index < -0.39 is 5.60 Å². The van der Waals surface area contributed by atoms with Crippen LogP contribution in [0.5, 0.6) is 0 Å². The number of hydrogen-bond donors (Lipinski definition) is 1. The molecule has 3 atom stereocenters. The van der Waals surface area contributed by atoms with Crippen molar-refractivity contribution in [2.75, 3.05) is 20.1 Å². The molecule has 2 heterocycles. The third-order valence-corrected chi connectivity index (χ3v) is 5.39. The Balaban J connectivity index is 1.56. The summed E-state index contributed by atoms with van der Waals surface area (Å²) < 4.78 is 5.33. The van der Waals surface area contributed by atoms with Gasteiger partial charge >= 0.3 is 6.09 Å². The van der Waals surface area contributed by atoms with Crippen LogP contribution in [0.25, 0.3) is 0 Å². The smallest absolute Gasteiger partial charge is 0.408 e. The Morgan fingerprint density at radius 1 is 1.19 bits per heavy atom. The maximum absolute atomic E-state index is 11.9. The summed E-state index contributed by atoms with van der Waals surface area (Å²) in [5, 5.41) is 2.91. The van der Waals surface area contributed by atoms with Crippen LogP contribution < -0.4 is 5.32 Å². The normalized spacial score (nSPS) is 25.1. The van der Waals surface area contributed by atoms with Crippen LogP contribution in [-0.4, -0.2) is 53.7 Å². The van der Waals surface area contributed by atoms with E-state index in [0.29, 0.717) is 12.1 Å². The van der Waals surface area contributed by atoms with Crippen molar-refractivity contribution in [3.05, 3.63) is 35.4 Å². The van der Waals surface area contributed by atoms with Gasteiger partial charge in [0.2, 0.25) is 0 Å². The summed E-state index contributed by atoms with van der Waals surface area (Å²) in [6.45, 7) is 11.0. The van der Waals surface area contributed by atoms with Gasteiger partial charge in [-0.15, -0.1) is 0 Å². The summed E-state index contributed by atoms with van der Waals surface area (Å²) in [4.78, 5) is 17.1. The predicted octanol–water partition coefficient (Wildman–Crippen LogP) is 3.55. The molecule has 2 unspecified atom stereocenters. The van der Waals surface area contributed by atoms with Crippen molar-refractivity contribution in [2.24, 2.45) is 0 Å². The molecule has 0 aliphatic carbocycles. The number of benzene rings is 1. The average Bonchev–Trinajstić information content (AvgIpc) is 2.76. The summed E-state index contributed by atoms with van der Waals surface area (Å²) in [6, 6.07) is 9.96. The van der Waals surface area contributed by atoms with Gasteiger partial charge < -0.3 is 15.0 Å². The monoisotopic (exact) mass is 359 g/mol. The third kappa shape index (κ3) is 4.77. The first-order valence-electron chi connectivity index (χ1n) is 9.74. The Hall–Kier alpha value is -1.59. The van der Waals surface area contributed by atoms with Crippen LogP contribution >= 0.6 is 0 Å². The van der Waals surface area contributed by atoms with E-state index >= 15 is 0 Å². The zero-order valence-electron chi connectivity index (χ0n) is 16.8. The van der Waals surface area contributed by atoms with E-state index in [2.05, 4.69) is 46.4 Å². The fourth-order valence-corrected chi connectivity index (χ4v) is 4.15. The standard InChI is InChI=1S/C21H33N3O2/c1-15(22-20(25)26-21(2,3)4)17-8-6-16(7-9-17)12-24-18-10-11-19(24)14-23(5)13-18/h6-9,15,18-19H,10-14H2,1-5H3,(H,22,25)/t15-,18?,19?/m0/s1. The quantitative estimate of drug-likeness (QED) is 0.893. The van der Waals surface area contributed by atoms with Gasteiger partial charge in [-0.1, -0.05) is 24.3 Å². The van der Waals surface area contributed by atoms with Gasteiger partial charge in [0.25, 0.3) is 0 Å². The topological polar surface area (TPSA) is 44.8 Å². The largest absolute Gasteiger partial charge is 0.444 e. The van der Waals surface area contributed by atoms with E-state index in [0.717, 1.165) is 12.1 Å². The van der Waals surface area contributed by atoms with Gasteiger partial charge in [0.15, 0.2) is 0 Å². The lowest BCUT2D eigenvalue weighted by atomic mass is 10.0. The minimum atomic E-state index is -0.477. The molecule has 2 aliphatic heterocycles. The highest BCUT2D eigenvalue weighted by atomic mass is 16.6. The second-order valence-electron chi connectivity index (χ2n) is 8.89. The number of piperazine rings is 1. The van der Waals surface area contributed by atoms with Crippen LogP contribution in [0.15, 0.2) is 24.3 Å². The van der Waals surface area contributed by atoms with Crippen LogP contribution in [-0.2, 0) is 11.3 Å². The minimum Gasteiger partial charge on any atom is -0.444 e. The van der Waals surface area contributed by atoms with Gasteiger partial charge in [-0.3, -0.25) is 4.90 Å². The van der Waals surface area contributed by atoms with Crippen LogP contribution in [0.3, 0.4) is 0 Å². The zero-order chi connectivity index (χ0) is 18.9. The molecule has 2 bridgehead atoms. The number of amides is 1. The Labute approximate surface area is 157 Å². The summed E-state index contributed by atoms with van der Waals surface area (Å²) >= 11 is 0. The lowest BCUT2D eigenvalue weighted by Gasteiger charge is -2.39. The van der Waals surface area contributed by atoms with Crippen LogP contribution in [0.2, 0.25) is 0 Å². The van der Waals surface area contributed by atoms with E-state index in [1.807, 2.05) is 27.7 Å². The Bertz CT molecular complexity index is 609. The second-order valence-corrected chi connectivity index (χ2v) is 8.89. The molecule has 1 amide bonds. The molecule has 5 heteroatoms. The van der Waals surface area contributed by atoms with E-state index in [9.17, 15) is 4.79 Å². The molecule has 3 rings (SSSR count). The molecule has 2 saturated heterocycles. The molecule has 5 nitrogen and oxygen atoms in total. The molecule has 144 valence electrons. The predicted molar refractivity (Wildman–Crippen MR) is 104 cm³/mol. The highest BCUT2D eigenvalue weighted by Gasteiger charge is 2.38. The Kier molecular flexibility index (Phi) is 5.58. The summed E-state index contributed by atoms with van der Waals surface area (Å²) in [5.41, 5.74) is 1.97. The molecular formula is C21H33N3O2. The molecule has 1 aromatic carbocycles. The van der Waals surface area contributed by atoms with E-state index in [1.165, 1.54) is 31.5 Å². The SMILES string of the molecule is C[C@H](NC(=O)OC(C)(C)C)c1ccc(CN2C3CCC2CN(C)C3)cc1. The van der Waals surface area contributed by atoms with E-state index in [4.69, 9.17) is 4.74 Å². The molecule has 0 aromatic heterocycles. The maximum Gasteiger partial charge on any atom is 0.408 e.